The summed E-state index contributed by atoms with van der Waals surface area (Å²) in [4.78, 5) is 2.00. The molecule has 0 aromatic carbocycles. The van der Waals surface area contributed by atoms with Crippen molar-refractivity contribution in [3.05, 3.63) is 0 Å². The molecule has 1 heterocycles. The fraction of sp³-hybridized carbons (Fsp3) is 1.00. The van der Waals surface area contributed by atoms with E-state index < -0.39 is 0 Å². The highest BCUT2D eigenvalue weighted by atomic mass is 16.3. The van der Waals surface area contributed by atoms with Gasteiger partial charge in [-0.25, -0.2) is 0 Å². The van der Waals surface area contributed by atoms with Crippen molar-refractivity contribution in [1.29, 1.82) is 0 Å². The minimum absolute atomic E-state index is 0.230. The molecule has 1 aliphatic heterocycles. The van der Waals surface area contributed by atoms with E-state index in [2.05, 4.69) is 0 Å². The molecule has 2 N–H and O–H groups in total. The molecule has 1 rings (SSSR count). The van der Waals surface area contributed by atoms with Crippen LogP contribution in [-0.2, 0) is 0 Å². The third-order valence-electron chi connectivity index (χ3n) is 2.13. The number of hydrogen-bond donors (Lipinski definition) is 2. The zero-order chi connectivity index (χ0) is 7.56. The van der Waals surface area contributed by atoms with Gasteiger partial charge in [0.1, 0.15) is 0 Å². The first-order chi connectivity index (χ1) is 4.75. The molecule has 58 valence electrons. The van der Waals surface area contributed by atoms with E-state index in [9.17, 15) is 0 Å². The van der Waals surface area contributed by atoms with Crippen LogP contribution in [0.3, 0.4) is 0 Å². The summed E-state index contributed by atoms with van der Waals surface area (Å²) in [7, 11) is -0.342. The predicted molar refractivity (Wildman–Crippen MR) is 40.7 cm³/mol. The van der Waals surface area contributed by atoms with Crippen molar-refractivity contribution in [3.63, 3.8) is 0 Å². The molecule has 0 aromatic rings. The predicted octanol–water partition coefficient (Wildman–Crippen LogP) is -0.447. The average Bonchev–Trinajstić information content (AvgIpc) is 1.78. The first-order valence-corrected chi connectivity index (χ1v) is 3.80. The molecule has 1 aliphatic rings. The number of aliphatic hydroxyl groups is 1. The molecule has 1 atom stereocenters. The van der Waals surface area contributed by atoms with E-state index in [0.717, 1.165) is 19.4 Å². The van der Waals surface area contributed by atoms with E-state index >= 15 is 0 Å². The molecule has 4 heteroatoms. The fourth-order valence-corrected chi connectivity index (χ4v) is 1.41. The number of hydrogen-bond acceptors (Lipinski definition) is 3. The standard InChI is InChI=1S/C6H14BNO2/c1-7(10)8-4-2-6(8)3-5-9/h6,9-10H,2-5H2,1H3/t6-/m1/s1. The zero-order valence-electron chi connectivity index (χ0n) is 6.32. The highest BCUT2D eigenvalue weighted by molar-refractivity contribution is 6.45. The van der Waals surface area contributed by atoms with Crippen LogP contribution in [0, 0.1) is 0 Å². The smallest absolute Gasteiger partial charge is 0.376 e. The molecule has 0 spiro atoms. The Kier molecular flexibility index (Phi) is 2.71. The maximum atomic E-state index is 9.11. The normalized spacial score (nSPS) is 26.1. The summed E-state index contributed by atoms with van der Waals surface area (Å²) in [6, 6.07) is 0.421. The van der Waals surface area contributed by atoms with Gasteiger partial charge in [0, 0.05) is 12.6 Å². The van der Waals surface area contributed by atoms with Gasteiger partial charge in [-0.3, -0.25) is 0 Å². The second kappa shape index (κ2) is 3.37. The van der Waals surface area contributed by atoms with Gasteiger partial charge in [-0.15, -0.1) is 0 Å². The van der Waals surface area contributed by atoms with E-state index in [1.54, 1.807) is 6.82 Å². The van der Waals surface area contributed by atoms with Crippen LogP contribution < -0.4 is 0 Å². The van der Waals surface area contributed by atoms with Gasteiger partial charge < -0.3 is 14.9 Å². The van der Waals surface area contributed by atoms with Gasteiger partial charge in [0.05, 0.1) is 0 Å². The molecule has 0 bridgehead atoms. The van der Waals surface area contributed by atoms with Gasteiger partial charge in [-0.05, 0) is 26.2 Å². The zero-order valence-corrected chi connectivity index (χ0v) is 6.32. The Hall–Kier alpha value is -0.0551. The Bertz CT molecular complexity index is 110. The Morgan fingerprint density at radius 2 is 2.40 bits per heavy atom. The summed E-state index contributed by atoms with van der Waals surface area (Å²) in [5.41, 5.74) is 0. The van der Waals surface area contributed by atoms with E-state index in [0.29, 0.717) is 6.04 Å². The molecule has 0 aromatic heterocycles. The molecule has 0 aliphatic carbocycles. The quantitative estimate of drug-likeness (QED) is 0.526. The third-order valence-corrected chi connectivity index (χ3v) is 2.13. The van der Waals surface area contributed by atoms with Crippen molar-refractivity contribution < 1.29 is 10.1 Å². The lowest BCUT2D eigenvalue weighted by molar-refractivity contribution is 0.134. The van der Waals surface area contributed by atoms with Crippen LogP contribution in [0.1, 0.15) is 12.8 Å². The Morgan fingerprint density at radius 3 is 2.70 bits per heavy atom. The lowest BCUT2D eigenvalue weighted by atomic mass is 9.77. The van der Waals surface area contributed by atoms with Crippen LogP contribution in [0.25, 0.3) is 0 Å². The number of rotatable bonds is 3. The number of nitrogens with zero attached hydrogens (tertiary/aromatic N) is 1. The van der Waals surface area contributed by atoms with Gasteiger partial charge in [0.2, 0.25) is 0 Å². The Balaban J connectivity index is 2.22. The topological polar surface area (TPSA) is 43.7 Å². The van der Waals surface area contributed by atoms with Crippen LogP contribution in [0.5, 0.6) is 0 Å². The van der Waals surface area contributed by atoms with Crippen molar-refractivity contribution in [1.82, 2.24) is 4.81 Å². The maximum Gasteiger partial charge on any atom is 0.376 e. The van der Waals surface area contributed by atoms with Gasteiger partial charge in [0.25, 0.3) is 0 Å². The molecule has 3 nitrogen and oxygen atoms in total. The third kappa shape index (κ3) is 1.51. The highest BCUT2D eigenvalue weighted by Gasteiger charge is 2.32. The molecule has 1 saturated heterocycles. The van der Waals surface area contributed by atoms with Crippen LogP contribution in [0.15, 0.2) is 0 Å². The van der Waals surface area contributed by atoms with Crippen LogP contribution in [0.4, 0.5) is 0 Å². The molecule has 1 fully saturated rings. The van der Waals surface area contributed by atoms with Crippen molar-refractivity contribution in [2.24, 2.45) is 0 Å². The average molecular weight is 143 g/mol. The van der Waals surface area contributed by atoms with Crippen LogP contribution in [0.2, 0.25) is 6.82 Å². The van der Waals surface area contributed by atoms with Gasteiger partial charge >= 0.3 is 7.05 Å². The number of aliphatic hydroxyl groups excluding tert-OH is 1. The summed E-state index contributed by atoms with van der Waals surface area (Å²) in [6.07, 6.45) is 1.91. The van der Waals surface area contributed by atoms with Crippen LogP contribution in [-0.4, -0.2) is 41.2 Å². The van der Waals surface area contributed by atoms with Gasteiger partial charge in [-0.1, -0.05) is 0 Å². The van der Waals surface area contributed by atoms with Crippen LogP contribution >= 0.6 is 0 Å². The first-order valence-electron chi connectivity index (χ1n) is 3.80. The minimum atomic E-state index is -0.342. The lowest BCUT2D eigenvalue weighted by Crippen LogP contribution is -2.54. The summed E-state index contributed by atoms with van der Waals surface area (Å²) in [5.74, 6) is 0. The molecule has 0 saturated carbocycles. The summed E-state index contributed by atoms with van der Waals surface area (Å²) >= 11 is 0. The van der Waals surface area contributed by atoms with Gasteiger partial charge in [-0.2, -0.15) is 0 Å². The van der Waals surface area contributed by atoms with E-state index in [1.807, 2.05) is 4.81 Å². The minimum Gasteiger partial charge on any atom is -0.437 e. The second-order valence-electron chi connectivity index (χ2n) is 2.82. The van der Waals surface area contributed by atoms with E-state index in [4.69, 9.17) is 10.1 Å². The SMILES string of the molecule is CB(O)N1CC[C@@H]1CCO. The summed E-state index contributed by atoms with van der Waals surface area (Å²) in [5, 5.41) is 17.7. The first kappa shape index (κ1) is 8.05. The summed E-state index contributed by atoms with van der Waals surface area (Å²) < 4.78 is 0. The van der Waals surface area contributed by atoms with Crippen molar-refractivity contribution in [3.8, 4) is 0 Å². The molecule has 0 amide bonds. The highest BCUT2D eigenvalue weighted by Crippen LogP contribution is 2.20. The largest absolute Gasteiger partial charge is 0.437 e. The molecule has 10 heavy (non-hydrogen) atoms. The Labute approximate surface area is 61.8 Å². The lowest BCUT2D eigenvalue weighted by Gasteiger charge is -2.41. The fourth-order valence-electron chi connectivity index (χ4n) is 1.41. The van der Waals surface area contributed by atoms with Gasteiger partial charge in [0.15, 0.2) is 0 Å². The molecular weight excluding hydrogens is 129 g/mol. The van der Waals surface area contributed by atoms with E-state index in [-0.39, 0.29) is 13.7 Å². The van der Waals surface area contributed by atoms with Crippen molar-refractivity contribution >= 4 is 7.05 Å². The maximum absolute atomic E-state index is 9.11. The molecule has 0 radical (unpaired) electrons. The Morgan fingerprint density at radius 1 is 1.70 bits per heavy atom. The monoisotopic (exact) mass is 143 g/mol. The molecular formula is C6H14BNO2. The second-order valence-corrected chi connectivity index (χ2v) is 2.82. The van der Waals surface area contributed by atoms with Crippen molar-refractivity contribution in [2.45, 2.75) is 25.7 Å². The molecule has 0 unspecified atom stereocenters. The van der Waals surface area contributed by atoms with E-state index in [1.165, 1.54) is 0 Å². The summed E-state index contributed by atoms with van der Waals surface area (Å²) in [6.45, 7) is 2.97. The van der Waals surface area contributed by atoms with Crippen molar-refractivity contribution in [2.75, 3.05) is 13.2 Å².